The maximum Gasteiger partial charge on any atom is 0.128 e. The third-order valence-corrected chi connectivity index (χ3v) is 3.01. The lowest BCUT2D eigenvalue weighted by Gasteiger charge is -2.11. The van der Waals surface area contributed by atoms with Gasteiger partial charge in [0, 0.05) is 16.8 Å². The molecule has 1 aromatic carbocycles. The molecule has 0 fully saturated rings. The first-order valence-corrected chi connectivity index (χ1v) is 6.00. The van der Waals surface area contributed by atoms with Gasteiger partial charge < -0.3 is 10.5 Å². The summed E-state index contributed by atoms with van der Waals surface area (Å²) in [4.78, 5) is 4.51. The Balaban J connectivity index is 2.56. The molecule has 3 N–H and O–H groups in total. The molecule has 1 heterocycles. The molecule has 0 bridgehead atoms. The summed E-state index contributed by atoms with van der Waals surface area (Å²) in [6.45, 7) is 3.88. The number of pyridine rings is 1. The molecule has 0 atom stereocenters. The number of nitrogens with one attached hydrogen (secondary N) is 1. The second kappa shape index (κ2) is 5.10. The Morgan fingerprint density at radius 3 is 2.53 bits per heavy atom. The minimum Gasteiger partial charge on any atom is -0.496 e. The van der Waals surface area contributed by atoms with Crippen LogP contribution in [-0.4, -0.2) is 17.9 Å². The normalized spacial score (nSPS) is 10.3. The summed E-state index contributed by atoms with van der Waals surface area (Å²) in [5, 5.41) is 7.48. The molecule has 0 unspecified atom stereocenters. The summed E-state index contributed by atoms with van der Waals surface area (Å²) in [6.07, 6.45) is 0. The summed E-state index contributed by atoms with van der Waals surface area (Å²) in [7, 11) is 1.64. The maximum atomic E-state index is 7.48. The Morgan fingerprint density at radius 2 is 1.95 bits per heavy atom. The number of hydrogen-bond acceptors (Lipinski definition) is 3. The van der Waals surface area contributed by atoms with Crippen molar-refractivity contribution in [1.29, 1.82) is 5.41 Å². The third kappa shape index (κ3) is 2.57. The molecule has 4 nitrogen and oxygen atoms in total. The van der Waals surface area contributed by atoms with Crippen molar-refractivity contribution in [1.82, 2.24) is 4.98 Å². The number of benzene rings is 1. The summed E-state index contributed by atoms with van der Waals surface area (Å²) in [6, 6.07) is 9.65. The van der Waals surface area contributed by atoms with E-state index in [4.69, 9.17) is 15.9 Å². The minimum atomic E-state index is 0.0350. The summed E-state index contributed by atoms with van der Waals surface area (Å²) in [5.74, 6) is 0.820. The Bertz CT molecular complexity index is 635. The van der Waals surface area contributed by atoms with Crippen molar-refractivity contribution in [2.75, 3.05) is 7.11 Å². The number of ether oxygens (including phenoxy) is 1. The number of rotatable bonds is 3. The number of aryl methyl sites for hydroxylation is 2. The van der Waals surface area contributed by atoms with Gasteiger partial charge >= 0.3 is 0 Å². The lowest BCUT2D eigenvalue weighted by atomic mass is 10.0. The second-order valence-electron chi connectivity index (χ2n) is 4.45. The number of methoxy groups -OCH3 is 1. The van der Waals surface area contributed by atoms with Crippen molar-refractivity contribution in [2.45, 2.75) is 13.8 Å². The van der Waals surface area contributed by atoms with Crippen LogP contribution in [0, 0.1) is 19.3 Å². The largest absolute Gasteiger partial charge is 0.496 e. The van der Waals surface area contributed by atoms with Gasteiger partial charge in [-0.3, -0.25) is 10.4 Å². The zero-order chi connectivity index (χ0) is 14.0. The van der Waals surface area contributed by atoms with E-state index in [2.05, 4.69) is 4.98 Å². The van der Waals surface area contributed by atoms with E-state index in [0.717, 1.165) is 28.3 Å². The van der Waals surface area contributed by atoms with E-state index in [-0.39, 0.29) is 5.84 Å². The van der Waals surface area contributed by atoms with E-state index in [9.17, 15) is 0 Å². The van der Waals surface area contributed by atoms with Gasteiger partial charge in [-0.05, 0) is 38.1 Å². The summed E-state index contributed by atoms with van der Waals surface area (Å²) < 4.78 is 5.37. The van der Waals surface area contributed by atoms with Crippen molar-refractivity contribution in [3.8, 4) is 17.0 Å². The smallest absolute Gasteiger partial charge is 0.128 e. The molecule has 98 valence electrons. The van der Waals surface area contributed by atoms with E-state index in [1.54, 1.807) is 7.11 Å². The number of aromatic nitrogens is 1. The van der Waals surface area contributed by atoms with Crippen LogP contribution in [0.4, 0.5) is 0 Å². The van der Waals surface area contributed by atoms with Crippen LogP contribution in [0.25, 0.3) is 11.3 Å². The van der Waals surface area contributed by atoms with Gasteiger partial charge in [0.05, 0.1) is 12.8 Å². The van der Waals surface area contributed by atoms with E-state index >= 15 is 0 Å². The van der Waals surface area contributed by atoms with Crippen LogP contribution < -0.4 is 10.5 Å². The van der Waals surface area contributed by atoms with Crippen molar-refractivity contribution >= 4 is 5.84 Å². The zero-order valence-corrected chi connectivity index (χ0v) is 11.3. The Morgan fingerprint density at radius 1 is 1.21 bits per heavy atom. The summed E-state index contributed by atoms with van der Waals surface area (Å²) in [5.41, 5.74) is 9.82. The predicted octanol–water partition coefficient (Wildman–Crippen LogP) is 2.66. The lowest BCUT2D eigenvalue weighted by molar-refractivity contribution is 0.416. The van der Waals surface area contributed by atoms with Crippen LogP contribution in [0.1, 0.15) is 16.8 Å². The van der Waals surface area contributed by atoms with Crippen molar-refractivity contribution in [3.63, 3.8) is 0 Å². The molecule has 19 heavy (non-hydrogen) atoms. The number of nitrogens with two attached hydrogens (primary N) is 1. The molecule has 0 aliphatic carbocycles. The molecular weight excluding hydrogens is 238 g/mol. The molecule has 0 saturated heterocycles. The van der Waals surface area contributed by atoms with E-state index in [1.807, 2.05) is 44.2 Å². The molecule has 0 saturated carbocycles. The first-order valence-electron chi connectivity index (χ1n) is 6.00. The molecular formula is C15H17N3O. The standard InChI is InChI=1S/C15H17N3O/c1-9-4-7-14(19-3)12(8-9)13-6-5-11(15(16)17)10(2)18-13/h4-8H,1-3H3,(H3,16,17). The Labute approximate surface area is 112 Å². The van der Waals surface area contributed by atoms with Crippen molar-refractivity contribution in [3.05, 3.63) is 47.2 Å². The van der Waals surface area contributed by atoms with Crippen LogP contribution in [-0.2, 0) is 0 Å². The second-order valence-corrected chi connectivity index (χ2v) is 4.45. The van der Waals surface area contributed by atoms with E-state index in [0.29, 0.717) is 5.56 Å². The fourth-order valence-electron chi connectivity index (χ4n) is 2.02. The highest BCUT2D eigenvalue weighted by Crippen LogP contribution is 2.30. The molecule has 1 aromatic heterocycles. The number of nitrogens with zero attached hydrogens (tertiary/aromatic N) is 1. The number of nitrogen functional groups attached to an aromatic ring is 1. The van der Waals surface area contributed by atoms with Crippen LogP contribution in [0.3, 0.4) is 0 Å². The quantitative estimate of drug-likeness (QED) is 0.654. The minimum absolute atomic E-state index is 0.0350. The third-order valence-electron chi connectivity index (χ3n) is 3.01. The van der Waals surface area contributed by atoms with Gasteiger partial charge in [0.25, 0.3) is 0 Å². The first kappa shape index (κ1) is 13.1. The Hall–Kier alpha value is -2.36. The maximum absolute atomic E-state index is 7.48. The van der Waals surface area contributed by atoms with E-state index in [1.165, 1.54) is 0 Å². The fourth-order valence-corrected chi connectivity index (χ4v) is 2.02. The lowest BCUT2D eigenvalue weighted by Crippen LogP contribution is -2.13. The van der Waals surface area contributed by atoms with Crippen LogP contribution >= 0.6 is 0 Å². The Kier molecular flexibility index (Phi) is 3.51. The van der Waals surface area contributed by atoms with Gasteiger partial charge in [-0.2, -0.15) is 0 Å². The predicted molar refractivity (Wildman–Crippen MR) is 76.7 cm³/mol. The van der Waals surface area contributed by atoms with Crippen LogP contribution in [0.15, 0.2) is 30.3 Å². The molecule has 4 heteroatoms. The van der Waals surface area contributed by atoms with Crippen LogP contribution in [0.5, 0.6) is 5.75 Å². The first-order chi connectivity index (χ1) is 9.02. The SMILES string of the molecule is COc1ccc(C)cc1-c1ccc(C(=N)N)c(C)n1. The molecule has 2 aromatic rings. The van der Waals surface area contributed by atoms with Gasteiger partial charge in [0.1, 0.15) is 11.6 Å². The van der Waals surface area contributed by atoms with Crippen molar-refractivity contribution < 1.29 is 4.74 Å². The highest BCUT2D eigenvalue weighted by molar-refractivity contribution is 5.96. The average molecular weight is 255 g/mol. The van der Waals surface area contributed by atoms with Gasteiger partial charge in [-0.1, -0.05) is 11.6 Å². The highest BCUT2D eigenvalue weighted by atomic mass is 16.5. The van der Waals surface area contributed by atoms with Gasteiger partial charge in [0.2, 0.25) is 0 Å². The fraction of sp³-hybridized carbons (Fsp3) is 0.200. The van der Waals surface area contributed by atoms with E-state index < -0.39 is 0 Å². The molecule has 0 aliphatic heterocycles. The van der Waals surface area contributed by atoms with Crippen molar-refractivity contribution in [2.24, 2.45) is 5.73 Å². The molecule has 0 radical (unpaired) electrons. The van der Waals surface area contributed by atoms with Crippen LogP contribution in [0.2, 0.25) is 0 Å². The van der Waals surface area contributed by atoms with Gasteiger partial charge in [-0.15, -0.1) is 0 Å². The zero-order valence-electron chi connectivity index (χ0n) is 11.3. The van der Waals surface area contributed by atoms with Gasteiger partial charge in [-0.25, -0.2) is 0 Å². The van der Waals surface area contributed by atoms with Gasteiger partial charge in [0.15, 0.2) is 0 Å². The molecule has 0 amide bonds. The molecule has 0 spiro atoms. The molecule has 2 rings (SSSR count). The topological polar surface area (TPSA) is 72.0 Å². The number of hydrogen-bond donors (Lipinski definition) is 2. The number of amidine groups is 1. The molecule has 0 aliphatic rings. The average Bonchev–Trinajstić information content (AvgIpc) is 2.38. The summed E-state index contributed by atoms with van der Waals surface area (Å²) >= 11 is 0. The monoisotopic (exact) mass is 255 g/mol. The highest BCUT2D eigenvalue weighted by Gasteiger charge is 2.10.